The molecule has 0 spiro atoms. The lowest BCUT2D eigenvalue weighted by Gasteiger charge is -2.11. The smallest absolute Gasteiger partial charge is 0.345 e. The predicted octanol–water partition coefficient (Wildman–Crippen LogP) is 15.6. The van der Waals surface area contributed by atoms with Crippen LogP contribution in [0.4, 0.5) is 0 Å². The molecule has 0 amide bonds. The summed E-state index contributed by atoms with van der Waals surface area (Å²) in [5.74, 6) is 0. The van der Waals surface area contributed by atoms with Crippen molar-refractivity contribution in [2.45, 2.75) is 27.7 Å². The van der Waals surface area contributed by atoms with Crippen LogP contribution in [-0.4, -0.2) is 19.9 Å². The number of rotatable bonds is 4. The molecular weight excluding hydrogens is 1050 g/mol. The van der Waals surface area contributed by atoms with Gasteiger partial charge in [0, 0.05) is 65.9 Å². The standard InChI is InChI=1S/C60H34Cl4N4O8/c1-25-9-5-13-29-49(61)45(57(69)73-53(25)29)41-33-17-19-35(65-33)42(46-50(62)30-14-6-10-26(2)54(30)74-58(46)70)37-21-23-39(67-37)44(48-52(64)32-16-8-12-28(4)56(32)76-60(48)72)40-24-22-38(68-40)43(36-20-18-34(41)66-36)47-51(63)31-15-7-11-27(3)55(31)75-59(47)71/h5-24,65,68H,1-4H3. The average Bonchev–Trinajstić information content (AvgIpc) is 4.33. The molecule has 76 heavy (non-hydrogen) atoms. The number of aromatic amines is 2. The van der Waals surface area contributed by atoms with Crippen LogP contribution in [-0.2, 0) is 0 Å². The van der Waals surface area contributed by atoms with Crippen molar-refractivity contribution in [2.24, 2.45) is 0 Å². The van der Waals surface area contributed by atoms with Crippen LogP contribution >= 0.6 is 46.4 Å². The minimum absolute atomic E-state index is 0.0316. The molecule has 11 aromatic rings. The van der Waals surface area contributed by atoms with Crippen LogP contribution < -0.4 is 22.5 Å². The number of para-hydroxylation sites is 4. The third-order valence-electron chi connectivity index (χ3n) is 14.0. The summed E-state index contributed by atoms with van der Waals surface area (Å²) in [7, 11) is 0. The van der Waals surface area contributed by atoms with E-state index in [4.69, 9.17) is 74.0 Å². The van der Waals surface area contributed by atoms with Gasteiger partial charge in [-0.05, 0) is 123 Å². The quantitative estimate of drug-likeness (QED) is 0.161. The van der Waals surface area contributed by atoms with Crippen molar-refractivity contribution in [3.8, 4) is 44.5 Å². The van der Waals surface area contributed by atoms with Crippen LogP contribution in [0.5, 0.6) is 0 Å². The van der Waals surface area contributed by atoms with E-state index in [-0.39, 0.29) is 87.4 Å². The Balaban J connectivity index is 1.26. The molecule has 12 nitrogen and oxygen atoms in total. The molecule has 0 saturated heterocycles. The molecule has 4 aromatic carbocycles. The van der Waals surface area contributed by atoms with Gasteiger partial charge in [-0.15, -0.1) is 0 Å². The Kier molecular flexibility index (Phi) is 10.9. The largest absolute Gasteiger partial charge is 0.422 e. The van der Waals surface area contributed by atoms with E-state index in [0.717, 1.165) is 0 Å². The number of hydrogen-bond acceptors (Lipinski definition) is 10. The monoisotopic (exact) mass is 1080 g/mol. The molecule has 8 bridgehead atoms. The highest BCUT2D eigenvalue weighted by molar-refractivity contribution is 6.40. The summed E-state index contributed by atoms with van der Waals surface area (Å²) in [6.07, 6.45) is 6.71. The van der Waals surface area contributed by atoms with Gasteiger partial charge in [0.15, 0.2) is 0 Å². The van der Waals surface area contributed by atoms with Crippen molar-refractivity contribution in [1.82, 2.24) is 19.9 Å². The highest BCUT2D eigenvalue weighted by Crippen LogP contribution is 2.44. The van der Waals surface area contributed by atoms with Gasteiger partial charge < -0.3 is 27.6 Å². The second kappa shape index (κ2) is 17.5. The summed E-state index contributed by atoms with van der Waals surface area (Å²) in [6, 6.07) is 28.3. The van der Waals surface area contributed by atoms with Gasteiger partial charge in [-0.25, -0.2) is 29.1 Å². The number of aryl methyl sites for hydroxylation is 4. The first-order valence-corrected chi connectivity index (χ1v) is 25.2. The van der Waals surface area contributed by atoms with Gasteiger partial charge >= 0.3 is 22.5 Å². The summed E-state index contributed by atoms with van der Waals surface area (Å²) in [5.41, 5.74) is 3.71. The number of halogens is 4. The van der Waals surface area contributed by atoms with Crippen LogP contribution in [0.15, 0.2) is 134 Å². The van der Waals surface area contributed by atoms with E-state index in [1.807, 2.05) is 76.2 Å². The van der Waals surface area contributed by atoms with Crippen molar-refractivity contribution in [1.29, 1.82) is 0 Å². The normalized spacial score (nSPS) is 12.3. The Morgan fingerprint density at radius 2 is 0.553 bits per heavy atom. The van der Waals surface area contributed by atoms with Crippen LogP contribution in [0.1, 0.15) is 45.0 Å². The first-order chi connectivity index (χ1) is 36.7. The maximum atomic E-state index is 14.6. The first-order valence-electron chi connectivity index (χ1n) is 23.7. The molecule has 9 heterocycles. The van der Waals surface area contributed by atoms with Gasteiger partial charge in [0.1, 0.15) is 22.3 Å². The molecule has 0 saturated carbocycles. The summed E-state index contributed by atoms with van der Waals surface area (Å²) >= 11 is 29.4. The molecule has 370 valence electrons. The zero-order valence-electron chi connectivity index (χ0n) is 40.2. The van der Waals surface area contributed by atoms with Crippen molar-refractivity contribution in [2.75, 3.05) is 0 Å². The number of H-pyrrole nitrogens is 2. The lowest BCUT2D eigenvalue weighted by Crippen LogP contribution is -2.07. The van der Waals surface area contributed by atoms with Crippen LogP contribution in [0, 0.1) is 27.7 Å². The van der Waals surface area contributed by atoms with Crippen LogP contribution in [0.3, 0.4) is 0 Å². The molecular formula is C60H34Cl4N4O8. The Morgan fingerprint density at radius 1 is 0.329 bits per heavy atom. The molecule has 2 aliphatic heterocycles. The van der Waals surface area contributed by atoms with Crippen LogP contribution in [0.25, 0.3) is 135 Å². The highest BCUT2D eigenvalue weighted by atomic mass is 35.5. The second-order valence-electron chi connectivity index (χ2n) is 18.6. The van der Waals surface area contributed by atoms with Crippen molar-refractivity contribution in [3.05, 3.63) is 204 Å². The molecule has 16 heteroatoms. The molecule has 0 unspecified atom stereocenters. The highest BCUT2D eigenvalue weighted by Gasteiger charge is 2.29. The van der Waals surface area contributed by atoms with Gasteiger partial charge in [-0.1, -0.05) is 94.9 Å². The Labute approximate surface area is 447 Å². The number of benzene rings is 4. The number of fused-ring (bicyclic) bond motifs is 12. The number of nitrogens with one attached hydrogen (secondary N) is 2. The van der Waals surface area contributed by atoms with Crippen molar-refractivity contribution < 1.29 is 17.7 Å². The van der Waals surface area contributed by atoms with Gasteiger partial charge in [0.2, 0.25) is 0 Å². The minimum atomic E-state index is -0.765. The molecule has 2 aliphatic rings. The van der Waals surface area contributed by atoms with E-state index in [1.165, 1.54) is 0 Å². The first kappa shape index (κ1) is 47.2. The van der Waals surface area contributed by atoms with E-state index >= 15 is 0 Å². The number of aromatic nitrogens is 4. The summed E-state index contributed by atoms with van der Waals surface area (Å²) in [5, 5.41) is 2.21. The molecule has 0 atom stereocenters. The van der Waals surface area contributed by atoms with Crippen LogP contribution in [0.2, 0.25) is 20.1 Å². The van der Waals surface area contributed by atoms with E-state index in [9.17, 15) is 19.2 Å². The SMILES string of the molecule is Cc1cccc2c(Cl)c(-c3c4nc(c(-c5c(Cl)c6cccc(C)c6oc5=O)c5ccc([nH]5)c(-c5c(Cl)c6cccc(C)c6oc5=O)c5nc(c(-c6c(Cl)c7cccc(C)c7oc6=O)c6ccc3[nH]6)C=C5)C=C4)c(=O)oc12. The minimum Gasteiger partial charge on any atom is -0.422 e. The topological polar surface area (TPSA) is 178 Å². The van der Waals surface area contributed by atoms with Crippen molar-refractivity contribution >= 4 is 137 Å². The van der Waals surface area contributed by atoms with E-state index in [1.54, 1.807) is 72.8 Å². The lowest BCUT2D eigenvalue weighted by atomic mass is 10.0. The van der Waals surface area contributed by atoms with E-state index in [2.05, 4.69) is 9.97 Å². The number of nitrogens with zero attached hydrogens (tertiary/aromatic N) is 2. The molecule has 0 fully saturated rings. The van der Waals surface area contributed by atoms with Gasteiger partial charge in [-0.2, -0.15) is 0 Å². The van der Waals surface area contributed by atoms with Gasteiger partial charge in [0.05, 0.1) is 65.1 Å². The maximum absolute atomic E-state index is 14.6. The fourth-order valence-corrected chi connectivity index (χ4v) is 11.7. The Hall–Kier alpha value is -8.52. The predicted molar refractivity (Wildman–Crippen MR) is 304 cm³/mol. The zero-order valence-corrected chi connectivity index (χ0v) is 43.2. The molecule has 13 rings (SSSR count). The van der Waals surface area contributed by atoms with Gasteiger partial charge in [-0.3, -0.25) is 0 Å². The van der Waals surface area contributed by atoms with Gasteiger partial charge in [0.25, 0.3) is 0 Å². The average molecular weight is 1080 g/mol. The summed E-state index contributed by atoms with van der Waals surface area (Å²) in [4.78, 5) is 75.7. The fraction of sp³-hybridized carbons (Fsp3) is 0.0667. The number of hydrogen-bond donors (Lipinski definition) is 2. The lowest BCUT2D eigenvalue weighted by molar-refractivity contribution is 0.561. The third-order valence-corrected chi connectivity index (χ3v) is 15.6. The van der Waals surface area contributed by atoms with Crippen molar-refractivity contribution in [3.63, 3.8) is 0 Å². The maximum Gasteiger partial charge on any atom is 0.345 e. The Bertz CT molecular complexity index is 4370. The summed E-state index contributed by atoms with van der Waals surface area (Å²) < 4.78 is 24.2. The molecule has 2 N–H and O–H groups in total. The third kappa shape index (κ3) is 7.12. The fourth-order valence-electron chi connectivity index (χ4n) is 10.4. The molecule has 0 radical (unpaired) electrons. The van der Waals surface area contributed by atoms with E-state index in [0.29, 0.717) is 88.2 Å². The zero-order chi connectivity index (χ0) is 52.6. The second-order valence-corrected chi connectivity index (χ2v) is 20.1. The molecule has 0 aliphatic carbocycles. The van der Waals surface area contributed by atoms with E-state index < -0.39 is 22.5 Å². The summed E-state index contributed by atoms with van der Waals surface area (Å²) in [6.45, 7) is 7.24. The molecule has 7 aromatic heterocycles. The Morgan fingerprint density at radius 3 is 0.776 bits per heavy atom.